The van der Waals surface area contributed by atoms with Crippen LogP contribution in [-0.4, -0.2) is 34.6 Å². The molecule has 0 saturated carbocycles. The van der Waals surface area contributed by atoms with Crippen molar-refractivity contribution < 1.29 is 9.59 Å². The first kappa shape index (κ1) is 27.8. The highest BCUT2D eigenvalue weighted by molar-refractivity contribution is 7.98. The molecule has 0 aromatic heterocycles. The van der Waals surface area contributed by atoms with Gasteiger partial charge in [0.25, 0.3) is 0 Å². The van der Waals surface area contributed by atoms with Crippen LogP contribution in [0.15, 0.2) is 84.9 Å². The van der Waals surface area contributed by atoms with Gasteiger partial charge in [-0.15, -0.1) is 0 Å². The topological polar surface area (TPSA) is 49.4 Å². The minimum Gasteiger partial charge on any atom is -0.352 e. The molecule has 36 heavy (non-hydrogen) atoms. The summed E-state index contributed by atoms with van der Waals surface area (Å²) in [5.74, 6) is 1.35. The van der Waals surface area contributed by atoms with Gasteiger partial charge >= 0.3 is 0 Å². The Balaban J connectivity index is 1.81. The minimum absolute atomic E-state index is 0.0227. The molecule has 0 saturated heterocycles. The Kier molecular flexibility index (Phi) is 11.4. The van der Waals surface area contributed by atoms with E-state index in [1.54, 1.807) is 16.7 Å². The number of carbonyl (C=O) groups excluding carboxylic acids is 2. The number of thioether (sulfide) groups is 1. The van der Waals surface area contributed by atoms with Crippen LogP contribution in [0, 0.1) is 0 Å². The molecule has 3 aromatic carbocycles. The molecule has 0 heterocycles. The Morgan fingerprint density at radius 3 is 2.17 bits per heavy atom. The van der Waals surface area contributed by atoms with Gasteiger partial charge in [0.1, 0.15) is 6.04 Å². The van der Waals surface area contributed by atoms with E-state index in [4.69, 9.17) is 11.6 Å². The summed E-state index contributed by atoms with van der Waals surface area (Å²) in [5, 5.41) is 3.70. The van der Waals surface area contributed by atoms with Crippen molar-refractivity contribution in [1.29, 1.82) is 0 Å². The van der Waals surface area contributed by atoms with Gasteiger partial charge < -0.3 is 10.2 Å². The van der Waals surface area contributed by atoms with Crippen molar-refractivity contribution in [2.75, 3.05) is 5.75 Å². The standard InChI is InChI=1S/C30H35ClN2O2S/c1-3-23(2)32-30(35)28(20-24-12-6-4-7-13-24)33(21-26-16-10-11-17-27(26)31)29(34)18-19-36-22-25-14-8-5-9-15-25/h4-17,23,28H,3,18-22H2,1-2H3,(H,32,35)/t23-,28+/m0/s1. The molecule has 6 heteroatoms. The summed E-state index contributed by atoms with van der Waals surface area (Å²) in [4.78, 5) is 28.9. The molecule has 2 amide bonds. The highest BCUT2D eigenvalue weighted by atomic mass is 35.5. The first-order chi connectivity index (χ1) is 17.5. The fourth-order valence-electron chi connectivity index (χ4n) is 3.87. The molecule has 0 radical (unpaired) electrons. The normalized spacial score (nSPS) is 12.5. The zero-order chi connectivity index (χ0) is 25.8. The third-order valence-electron chi connectivity index (χ3n) is 6.14. The monoisotopic (exact) mass is 522 g/mol. The maximum atomic E-state index is 13.7. The van der Waals surface area contributed by atoms with Crippen LogP contribution in [0.1, 0.15) is 43.4 Å². The third kappa shape index (κ3) is 8.72. The number of benzene rings is 3. The maximum Gasteiger partial charge on any atom is 0.243 e. The summed E-state index contributed by atoms with van der Waals surface area (Å²) in [5.41, 5.74) is 3.08. The highest BCUT2D eigenvalue weighted by Crippen LogP contribution is 2.22. The average Bonchev–Trinajstić information content (AvgIpc) is 2.90. The lowest BCUT2D eigenvalue weighted by Gasteiger charge is -2.32. The quantitative estimate of drug-likeness (QED) is 0.260. The number of amides is 2. The summed E-state index contributed by atoms with van der Waals surface area (Å²) < 4.78 is 0. The second-order valence-electron chi connectivity index (χ2n) is 8.92. The van der Waals surface area contributed by atoms with Gasteiger partial charge in [-0.05, 0) is 36.1 Å². The summed E-state index contributed by atoms with van der Waals surface area (Å²) in [6.07, 6.45) is 1.61. The zero-order valence-corrected chi connectivity index (χ0v) is 22.6. The molecular weight excluding hydrogens is 488 g/mol. The smallest absolute Gasteiger partial charge is 0.243 e. The van der Waals surface area contributed by atoms with Crippen molar-refractivity contribution in [3.8, 4) is 0 Å². The van der Waals surface area contributed by atoms with Crippen molar-refractivity contribution in [3.05, 3.63) is 107 Å². The number of nitrogens with zero attached hydrogens (tertiary/aromatic N) is 1. The van der Waals surface area contributed by atoms with E-state index in [9.17, 15) is 9.59 Å². The van der Waals surface area contributed by atoms with Crippen molar-refractivity contribution >= 4 is 35.2 Å². The molecule has 2 atom stereocenters. The lowest BCUT2D eigenvalue weighted by molar-refractivity contribution is -0.141. The molecule has 0 unspecified atom stereocenters. The van der Waals surface area contributed by atoms with E-state index in [1.807, 2.05) is 86.6 Å². The molecule has 3 aromatic rings. The fourth-order valence-corrected chi connectivity index (χ4v) is 4.96. The van der Waals surface area contributed by atoms with Gasteiger partial charge in [0.2, 0.25) is 11.8 Å². The van der Waals surface area contributed by atoms with Gasteiger partial charge in [-0.25, -0.2) is 0 Å². The SMILES string of the molecule is CC[C@H](C)NC(=O)[C@@H](Cc1ccccc1)N(Cc1ccccc1Cl)C(=O)CCSCc1ccccc1. The van der Waals surface area contributed by atoms with E-state index in [0.29, 0.717) is 23.6 Å². The lowest BCUT2D eigenvalue weighted by atomic mass is 10.0. The van der Waals surface area contributed by atoms with Crippen LogP contribution < -0.4 is 5.32 Å². The molecule has 0 spiro atoms. The summed E-state index contributed by atoms with van der Waals surface area (Å²) in [6, 6.07) is 27.0. The van der Waals surface area contributed by atoms with E-state index in [1.165, 1.54) is 5.56 Å². The number of hydrogen-bond donors (Lipinski definition) is 1. The van der Waals surface area contributed by atoms with Crippen molar-refractivity contribution in [2.45, 2.75) is 57.5 Å². The highest BCUT2D eigenvalue weighted by Gasteiger charge is 2.31. The predicted molar refractivity (Wildman–Crippen MR) is 151 cm³/mol. The Morgan fingerprint density at radius 1 is 0.917 bits per heavy atom. The minimum atomic E-state index is -0.635. The molecular formula is C30H35ClN2O2S. The second-order valence-corrected chi connectivity index (χ2v) is 10.4. The fraction of sp³-hybridized carbons (Fsp3) is 0.333. The number of halogens is 1. The lowest BCUT2D eigenvalue weighted by Crippen LogP contribution is -2.52. The number of carbonyl (C=O) groups is 2. The first-order valence-electron chi connectivity index (χ1n) is 12.5. The van der Waals surface area contributed by atoms with E-state index in [2.05, 4.69) is 17.4 Å². The van der Waals surface area contributed by atoms with E-state index in [0.717, 1.165) is 23.3 Å². The maximum absolute atomic E-state index is 13.7. The molecule has 4 nitrogen and oxygen atoms in total. The van der Waals surface area contributed by atoms with Crippen LogP contribution in [0.4, 0.5) is 0 Å². The largest absolute Gasteiger partial charge is 0.352 e. The van der Waals surface area contributed by atoms with Crippen LogP contribution in [0.25, 0.3) is 0 Å². The van der Waals surface area contributed by atoms with Crippen LogP contribution in [-0.2, 0) is 28.3 Å². The van der Waals surface area contributed by atoms with Gasteiger partial charge in [0.05, 0.1) is 0 Å². The number of hydrogen-bond acceptors (Lipinski definition) is 3. The number of nitrogens with one attached hydrogen (secondary N) is 1. The second kappa shape index (κ2) is 14.7. The van der Waals surface area contributed by atoms with Gasteiger partial charge in [-0.2, -0.15) is 11.8 Å². The third-order valence-corrected chi connectivity index (χ3v) is 7.54. The molecule has 0 aliphatic carbocycles. The van der Waals surface area contributed by atoms with Crippen LogP contribution >= 0.6 is 23.4 Å². The van der Waals surface area contributed by atoms with E-state index in [-0.39, 0.29) is 24.4 Å². The number of rotatable bonds is 13. The Labute approximate surface area is 224 Å². The van der Waals surface area contributed by atoms with Gasteiger partial charge in [0, 0.05) is 42.0 Å². The average molecular weight is 523 g/mol. The zero-order valence-electron chi connectivity index (χ0n) is 21.0. The Morgan fingerprint density at radius 2 is 1.53 bits per heavy atom. The van der Waals surface area contributed by atoms with E-state index < -0.39 is 6.04 Å². The first-order valence-corrected chi connectivity index (χ1v) is 14.0. The molecule has 1 N–H and O–H groups in total. The Hall–Kier alpha value is -2.76. The molecule has 190 valence electrons. The van der Waals surface area contributed by atoms with Gasteiger partial charge in [-0.3, -0.25) is 9.59 Å². The van der Waals surface area contributed by atoms with Crippen molar-refractivity contribution in [3.63, 3.8) is 0 Å². The predicted octanol–water partition coefficient (Wildman–Crippen LogP) is 6.52. The van der Waals surface area contributed by atoms with Crippen molar-refractivity contribution in [2.24, 2.45) is 0 Å². The van der Waals surface area contributed by atoms with Gasteiger partial charge in [0.15, 0.2) is 0 Å². The Bertz CT molecular complexity index is 1090. The van der Waals surface area contributed by atoms with Crippen molar-refractivity contribution in [1.82, 2.24) is 10.2 Å². The molecule has 0 aliphatic heterocycles. The van der Waals surface area contributed by atoms with Crippen LogP contribution in [0.2, 0.25) is 5.02 Å². The van der Waals surface area contributed by atoms with Crippen LogP contribution in [0.3, 0.4) is 0 Å². The van der Waals surface area contributed by atoms with E-state index >= 15 is 0 Å². The summed E-state index contributed by atoms with van der Waals surface area (Å²) >= 11 is 8.20. The molecule has 0 aliphatic rings. The summed E-state index contributed by atoms with van der Waals surface area (Å²) in [6.45, 7) is 4.30. The molecule has 0 bridgehead atoms. The summed E-state index contributed by atoms with van der Waals surface area (Å²) in [7, 11) is 0. The van der Waals surface area contributed by atoms with Gasteiger partial charge in [-0.1, -0.05) is 97.4 Å². The molecule has 0 fully saturated rings. The van der Waals surface area contributed by atoms with Crippen LogP contribution in [0.5, 0.6) is 0 Å². The molecule has 3 rings (SSSR count).